The zero-order chi connectivity index (χ0) is 14.8. The number of ether oxygens (including phenoxy) is 1. The smallest absolute Gasteiger partial charge is 0.133 e. The lowest BCUT2D eigenvalue weighted by Crippen LogP contribution is -2.30. The van der Waals surface area contributed by atoms with Crippen LogP contribution in [0.4, 0.5) is 5.82 Å². The third-order valence-corrected chi connectivity index (χ3v) is 3.13. The van der Waals surface area contributed by atoms with Gasteiger partial charge in [-0.15, -0.1) is 0 Å². The third kappa shape index (κ3) is 5.88. The maximum absolute atomic E-state index is 5.45. The van der Waals surface area contributed by atoms with Crippen LogP contribution in [-0.4, -0.2) is 37.8 Å². The van der Waals surface area contributed by atoms with E-state index in [1.807, 2.05) is 19.2 Å². The summed E-state index contributed by atoms with van der Waals surface area (Å²) in [4.78, 5) is 6.84. The van der Waals surface area contributed by atoms with Gasteiger partial charge >= 0.3 is 0 Å². The highest BCUT2D eigenvalue weighted by atomic mass is 16.5. The van der Waals surface area contributed by atoms with E-state index in [1.165, 1.54) is 5.56 Å². The van der Waals surface area contributed by atoms with Gasteiger partial charge in [0.05, 0.1) is 6.61 Å². The molecule has 0 bridgehead atoms. The molecule has 0 spiro atoms. The Morgan fingerprint density at radius 2 is 2.15 bits per heavy atom. The number of anilines is 1. The maximum atomic E-state index is 5.45. The summed E-state index contributed by atoms with van der Waals surface area (Å²) in [5.74, 6) is 1.74. The van der Waals surface area contributed by atoms with Crippen LogP contribution in [0.2, 0.25) is 0 Å². The fourth-order valence-corrected chi connectivity index (χ4v) is 2.08. The highest BCUT2D eigenvalue weighted by molar-refractivity contribution is 5.46. The van der Waals surface area contributed by atoms with Gasteiger partial charge in [0.25, 0.3) is 0 Å². The molecule has 0 aliphatic heterocycles. The van der Waals surface area contributed by atoms with Crippen molar-refractivity contribution in [3.63, 3.8) is 0 Å². The van der Waals surface area contributed by atoms with Crippen molar-refractivity contribution < 1.29 is 4.74 Å². The van der Waals surface area contributed by atoms with Crippen molar-refractivity contribution in [1.29, 1.82) is 0 Å². The van der Waals surface area contributed by atoms with Gasteiger partial charge in [-0.3, -0.25) is 0 Å². The van der Waals surface area contributed by atoms with Gasteiger partial charge in [-0.25, -0.2) is 4.98 Å². The molecule has 0 radical (unpaired) electrons. The molecule has 20 heavy (non-hydrogen) atoms. The largest absolute Gasteiger partial charge is 0.380 e. The number of nitrogens with zero attached hydrogens (tertiary/aromatic N) is 2. The van der Waals surface area contributed by atoms with Crippen LogP contribution in [0.5, 0.6) is 0 Å². The first-order valence-corrected chi connectivity index (χ1v) is 7.66. The van der Waals surface area contributed by atoms with Crippen molar-refractivity contribution >= 4 is 5.82 Å². The molecular weight excluding hydrogens is 250 g/mol. The fraction of sp³-hybridized carbons (Fsp3) is 0.688. The number of hydrogen-bond donors (Lipinski definition) is 1. The van der Waals surface area contributed by atoms with E-state index < -0.39 is 0 Å². The van der Waals surface area contributed by atoms with Crippen molar-refractivity contribution in [2.24, 2.45) is 5.92 Å². The van der Waals surface area contributed by atoms with Crippen molar-refractivity contribution in [2.75, 3.05) is 37.7 Å². The summed E-state index contributed by atoms with van der Waals surface area (Å²) in [6.07, 6.45) is 1.87. The van der Waals surface area contributed by atoms with Crippen molar-refractivity contribution in [1.82, 2.24) is 10.3 Å². The Bertz CT molecular complexity index is 368. The molecule has 1 aromatic rings. The van der Waals surface area contributed by atoms with Crippen LogP contribution in [0.25, 0.3) is 0 Å². The van der Waals surface area contributed by atoms with Crippen molar-refractivity contribution in [3.05, 3.63) is 23.9 Å². The molecule has 0 saturated carbocycles. The number of aromatic nitrogens is 1. The summed E-state index contributed by atoms with van der Waals surface area (Å²) < 4.78 is 5.45. The van der Waals surface area contributed by atoms with Crippen molar-refractivity contribution in [2.45, 2.75) is 34.2 Å². The summed E-state index contributed by atoms with van der Waals surface area (Å²) in [6, 6.07) is 4.16. The van der Waals surface area contributed by atoms with E-state index in [0.29, 0.717) is 5.92 Å². The van der Waals surface area contributed by atoms with Gasteiger partial charge in [-0.1, -0.05) is 19.9 Å². The number of nitrogens with one attached hydrogen (secondary N) is 1. The maximum Gasteiger partial charge on any atom is 0.133 e. The van der Waals surface area contributed by atoms with Crippen LogP contribution in [0, 0.1) is 5.92 Å². The summed E-state index contributed by atoms with van der Waals surface area (Å²) in [6.45, 7) is 13.9. The Morgan fingerprint density at radius 1 is 1.35 bits per heavy atom. The molecule has 4 heteroatoms. The molecule has 1 rings (SSSR count). The van der Waals surface area contributed by atoms with E-state index in [0.717, 1.165) is 45.2 Å². The SMILES string of the molecule is CCOCCN(CC)c1ncccc1CNCC(C)C. The lowest BCUT2D eigenvalue weighted by Gasteiger charge is -2.24. The highest BCUT2D eigenvalue weighted by Crippen LogP contribution is 2.16. The van der Waals surface area contributed by atoms with Gasteiger partial charge in [0.15, 0.2) is 0 Å². The van der Waals surface area contributed by atoms with Crippen LogP contribution in [0.3, 0.4) is 0 Å². The predicted molar refractivity (Wildman–Crippen MR) is 85.2 cm³/mol. The molecule has 0 aliphatic carbocycles. The Kier molecular flexibility index (Phi) is 8.23. The van der Waals surface area contributed by atoms with E-state index in [1.54, 1.807) is 0 Å². The number of rotatable bonds is 10. The van der Waals surface area contributed by atoms with Crippen LogP contribution in [-0.2, 0) is 11.3 Å². The molecule has 1 aromatic heterocycles. The molecule has 0 aromatic carbocycles. The Balaban J connectivity index is 2.65. The first kappa shape index (κ1) is 16.9. The third-order valence-electron chi connectivity index (χ3n) is 3.13. The Morgan fingerprint density at radius 3 is 2.80 bits per heavy atom. The second-order valence-corrected chi connectivity index (χ2v) is 5.29. The molecule has 0 aliphatic rings. The molecule has 0 amide bonds. The monoisotopic (exact) mass is 279 g/mol. The van der Waals surface area contributed by atoms with Crippen molar-refractivity contribution in [3.8, 4) is 0 Å². The summed E-state index contributed by atoms with van der Waals surface area (Å²) in [7, 11) is 0. The van der Waals surface area contributed by atoms with Gasteiger partial charge in [-0.2, -0.15) is 0 Å². The second kappa shape index (κ2) is 9.72. The topological polar surface area (TPSA) is 37.4 Å². The van der Waals surface area contributed by atoms with E-state index in [9.17, 15) is 0 Å². The molecule has 0 fully saturated rings. The number of hydrogen-bond acceptors (Lipinski definition) is 4. The summed E-state index contributed by atoms with van der Waals surface area (Å²) in [5.41, 5.74) is 1.26. The van der Waals surface area contributed by atoms with Crippen LogP contribution in [0.15, 0.2) is 18.3 Å². The molecule has 1 heterocycles. The number of likely N-dealkylation sites (N-methyl/N-ethyl adjacent to an activating group) is 1. The van der Waals surface area contributed by atoms with E-state index in [-0.39, 0.29) is 0 Å². The first-order chi connectivity index (χ1) is 9.69. The molecule has 4 nitrogen and oxygen atoms in total. The molecule has 0 unspecified atom stereocenters. The van der Waals surface area contributed by atoms with E-state index >= 15 is 0 Å². The fourth-order valence-electron chi connectivity index (χ4n) is 2.08. The van der Waals surface area contributed by atoms with E-state index in [2.05, 4.69) is 42.0 Å². The molecule has 0 saturated heterocycles. The first-order valence-electron chi connectivity index (χ1n) is 7.66. The summed E-state index contributed by atoms with van der Waals surface area (Å²) in [5, 5.41) is 3.49. The highest BCUT2D eigenvalue weighted by Gasteiger charge is 2.10. The average Bonchev–Trinajstić information content (AvgIpc) is 2.44. The molecule has 114 valence electrons. The van der Waals surface area contributed by atoms with Gasteiger partial charge in [-0.05, 0) is 32.4 Å². The van der Waals surface area contributed by atoms with Gasteiger partial charge < -0.3 is 15.0 Å². The Hall–Kier alpha value is -1.13. The van der Waals surface area contributed by atoms with Gasteiger partial charge in [0.2, 0.25) is 0 Å². The molecular formula is C16H29N3O. The zero-order valence-electron chi connectivity index (χ0n) is 13.4. The standard InChI is InChI=1S/C16H29N3O/c1-5-19(10-11-20-6-2)16-15(8-7-9-18-16)13-17-12-14(3)4/h7-9,14,17H,5-6,10-13H2,1-4H3. The summed E-state index contributed by atoms with van der Waals surface area (Å²) >= 11 is 0. The Labute approximate surface area is 123 Å². The van der Waals surface area contributed by atoms with Crippen LogP contribution < -0.4 is 10.2 Å². The van der Waals surface area contributed by atoms with Crippen LogP contribution >= 0.6 is 0 Å². The minimum absolute atomic E-state index is 0.662. The normalized spacial score (nSPS) is 11.1. The van der Waals surface area contributed by atoms with Crippen LogP contribution in [0.1, 0.15) is 33.3 Å². The second-order valence-electron chi connectivity index (χ2n) is 5.29. The lowest BCUT2D eigenvalue weighted by atomic mass is 10.2. The van der Waals surface area contributed by atoms with E-state index in [4.69, 9.17) is 4.74 Å². The molecule has 0 atom stereocenters. The predicted octanol–water partition coefficient (Wildman–Crippen LogP) is 2.69. The quantitative estimate of drug-likeness (QED) is 0.668. The minimum atomic E-state index is 0.662. The van der Waals surface area contributed by atoms with Gasteiger partial charge in [0, 0.05) is 38.0 Å². The molecule has 1 N–H and O–H groups in total. The zero-order valence-corrected chi connectivity index (χ0v) is 13.4. The minimum Gasteiger partial charge on any atom is -0.380 e. The van der Waals surface area contributed by atoms with Gasteiger partial charge in [0.1, 0.15) is 5.82 Å². The number of pyridine rings is 1. The lowest BCUT2D eigenvalue weighted by molar-refractivity contribution is 0.154. The average molecular weight is 279 g/mol.